The monoisotopic (exact) mass is 361 g/mol. The second-order valence-electron chi connectivity index (χ2n) is 5.99. The van der Waals surface area contributed by atoms with E-state index in [0.29, 0.717) is 16.3 Å². The van der Waals surface area contributed by atoms with Gasteiger partial charge < -0.3 is 5.32 Å². The van der Waals surface area contributed by atoms with Crippen LogP contribution >= 0.6 is 11.6 Å². The highest BCUT2D eigenvalue weighted by Gasteiger charge is 2.11. The Kier molecular flexibility index (Phi) is 4.19. The molecule has 3 aromatic carbocycles. The maximum Gasteiger partial charge on any atom is 0.255 e. The molecule has 1 amide bonds. The van der Waals surface area contributed by atoms with Gasteiger partial charge in [-0.15, -0.1) is 0 Å². The van der Waals surface area contributed by atoms with Crippen molar-refractivity contribution in [2.45, 2.75) is 6.92 Å². The molecule has 0 fully saturated rings. The summed E-state index contributed by atoms with van der Waals surface area (Å²) in [5.74, 6) is 0.715. The molecule has 4 aromatic rings. The predicted octanol–water partition coefficient (Wildman–Crippen LogP) is 5.24. The number of benzene rings is 3. The van der Waals surface area contributed by atoms with Crippen molar-refractivity contribution in [2.75, 3.05) is 5.32 Å². The third-order valence-corrected chi connectivity index (χ3v) is 4.45. The molecule has 4 nitrogen and oxygen atoms in total. The van der Waals surface area contributed by atoms with E-state index in [0.717, 1.165) is 22.5 Å². The molecule has 1 heterocycles. The summed E-state index contributed by atoms with van der Waals surface area (Å²) in [4.78, 5) is 17.0. The van der Waals surface area contributed by atoms with Gasteiger partial charge in [0.2, 0.25) is 0 Å². The highest BCUT2D eigenvalue weighted by Crippen LogP contribution is 2.24. The van der Waals surface area contributed by atoms with Crippen molar-refractivity contribution in [1.82, 2.24) is 9.55 Å². The lowest BCUT2D eigenvalue weighted by Crippen LogP contribution is -2.11. The van der Waals surface area contributed by atoms with Crippen molar-refractivity contribution < 1.29 is 4.79 Å². The Morgan fingerprint density at radius 3 is 2.46 bits per heavy atom. The van der Waals surface area contributed by atoms with E-state index in [1.54, 1.807) is 24.3 Å². The van der Waals surface area contributed by atoms with Crippen molar-refractivity contribution in [3.8, 4) is 5.69 Å². The average Bonchev–Trinajstić information content (AvgIpc) is 2.98. The molecule has 0 saturated carbocycles. The number of nitrogens with zero attached hydrogens (tertiary/aromatic N) is 2. The third-order valence-electron chi connectivity index (χ3n) is 4.20. The summed E-state index contributed by atoms with van der Waals surface area (Å²) in [5, 5.41) is 3.51. The summed E-state index contributed by atoms with van der Waals surface area (Å²) in [6.45, 7) is 1.97. The Morgan fingerprint density at radius 2 is 1.73 bits per heavy atom. The zero-order chi connectivity index (χ0) is 18.1. The summed E-state index contributed by atoms with van der Waals surface area (Å²) in [6, 6.07) is 22.6. The van der Waals surface area contributed by atoms with E-state index in [-0.39, 0.29) is 5.91 Å². The minimum atomic E-state index is -0.180. The number of aryl methyl sites for hydroxylation is 1. The van der Waals surface area contributed by atoms with Crippen LogP contribution in [-0.4, -0.2) is 15.5 Å². The van der Waals surface area contributed by atoms with Crippen LogP contribution in [0.5, 0.6) is 0 Å². The fourth-order valence-electron chi connectivity index (χ4n) is 2.99. The molecular formula is C21H16ClN3O. The molecule has 128 valence electrons. The second-order valence-corrected chi connectivity index (χ2v) is 6.43. The maximum absolute atomic E-state index is 12.4. The van der Waals surface area contributed by atoms with Gasteiger partial charge in [-0.2, -0.15) is 0 Å². The van der Waals surface area contributed by atoms with Crippen molar-refractivity contribution in [3.05, 3.63) is 89.2 Å². The number of halogens is 1. The Balaban J connectivity index is 1.66. The van der Waals surface area contributed by atoms with E-state index in [1.807, 2.05) is 55.5 Å². The third kappa shape index (κ3) is 3.07. The number of para-hydroxylation sites is 1. The minimum Gasteiger partial charge on any atom is -0.322 e. The first-order chi connectivity index (χ1) is 12.6. The lowest BCUT2D eigenvalue weighted by Gasteiger charge is -2.08. The number of anilines is 1. The number of imidazole rings is 1. The van der Waals surface area contributed by atoms with Crippen LogP contribution in [0.1, 0.15) is 16.2 Å². The first-order valence-corrected chi connectivity index (χ1v) is 8.61. The predicted molar refractivity (Wildman–Crippen MR) is 105 cm³/mol. The fourth-order valence-corrected chi connectivity index (χ4v) is 3.11. The van der Waals surface area contributed by atoms with Crippen molar-refractivity contribution in [3.63, 3.8) is 0 Å². The number of amides is 1. The van der Waals surface area contributed by atoms with Crippen LogP contribution in [0.4, 0.5) is 5.69 Å². The van der Waals surface area contributed by atoms with Gasteiger partial charge in [-0.1, -0.05) is 29.8 Å². The molecule has 0 saturated heterocycles. The SMILES string of the molecule is Cc1nc2cc(NC(=O)c3ccc(Cl)cc3)ccc2n1-c1ccccc1. The van der Waals surface area contributed by atoms with Crippen LogP contribution in [0.25, 0.3) is 16.7 Å². The quantitative estimate of drug-likeness (QED) is 0.542. The van der Waals surface area contributed by atoms with Crippen LogP contribution in [0.3, 0.4) is 0 Å². The minimum absolute atomic E-state index is 0.180. The summed E-state index contributed by atoms with van der Waals surface area (Å²) in [6.07, 6.45) is 0. The first-order valence-electron chi connectivity index (χ1n) is 8.23. The van der Waals surface area contributed by atoms with Gasteiger partial charge in [-0.05, 0) is 61.5 Å². The molecule has 0 aliphatic carbocycles. The highest BCUT2D eigenvalue weighted by atomic mass is 35.5. The highest BCUT2D eigenvalue weighted by molar-refractivity contribution is 6.30. The van der Waals surface area contributed by atoms with Gasteiger partial charge in [0.25, 0.3) is 5.91 Å². The molecule has 5 heteroatoms. The number of carbonyl (C=O) groups is 1. The zero-order valence-electron chi connectivity index (χ0n) is 14.1. The van der Waals surface area contributed by atoms with E-state index < -0.39 is 0 Å². The topological polar surface area (TPSA) is 46.9 Å². The maximum atomic E-state index is 12.4. The largest absolute Gasteiger partial charge is 0.322 e. The Morgan fingerprint density at radius 1 is 1.00 bits per heavy atom. The number of hydrogen-bond acceptors (Lipinski definition) is 2. The first kappa shape index (κ1) is 16.4. The van der Waals surface area contributed by atoms with Gasteiger partial charge in [-0.3, -0.25) is 9.36 Å². The number of hydrogen-bond donors (Lipinski definition) is 1. The number of aromatic nitrogens is 2. The molecule has 0 bridgehead atoms. The summed E-state index contributed by atoms with van der Waals surface area (Å²) in [7, 11) is 0. The second kappa shape index (κ2) is 6.65. The summed E-state index contributed by atoms with van der Waals surface area (Å²) < 4.78 is 2.10. The van der Waals surface area contributed by atoms with Crippen LogP contribution in [-0.2, 0) is 0 Å². The number of rotatable bonds is 3. The van der Waals surface area contributed by atoms with E-state index in [4.69, 9.17) is 11.6 Å². The summed E-state index contributed by atoms with van der Waals surface area (Å²) >= 11 is 5.87. The van der Waals surface area contributed by atoms with Gasteiger partial charge >= 0.3 is 0 Å². The number of fused-ring (bicyclic) bond motifs is 1. The van der Waals surface area contributed by atoms with Crippen molar-refractivity contribution >= 4 is 34.2 Å². The lowest BCUT2D eigenvalue weighted by molar-refractivity contribution is 0.102. The van der Waals surface area contributed by atoms with Crippen molar-refractivity contribution in [1.29, 1.82) is 0 Å². The van der Waals surface area contributed by atoms with Crippen molar-refractivity contribution in [2.24, 2.45) is 0 Å². The number of carbonyl (C=O) groups excluding carboxylic acids is 1. The van der Waals surface area contributed by atoms with Crippen LogP contribution in [0, 0.1) is 6.92 Å². The molecule has 0 unspecified atom stereocenters. The van der Waals surface area contributed by atoms with Crippen LogP contribution in [0.15, 0.2) is 72.8 Å². The van der Waals surface area contributed by atoms with Gasteiger partial charge in [0.15, 0.2) is 0 Å². The molecule has 0 radical (unpaired) electrons. The standard InChI is InChI=1S/C21H16ClN3O/c1-14-23-19-13-17(24-21(26)15-7-9-16(22)10-8-15)11-12-20(19)25(14)18-5-3-2-4-6-18/h2-13H,1H3,(H,24,26). The van der Waals surface area contributed by atoms with Gasteiger partial charge in [0, 0.05) is 22.0 Å². The Bertz CT molecular complexity index is 1090. The molecular weight excluding hydrogens is 346 g/mol. The molecule has 26 heavy (non-hydrogen) atoms. The van der Waals surface area contributed by atoms with E-state index in [9.17, 15) is 4.79 Å². The van der Waals surface area contributed by atoms with Crippen LogP contribution < -0.4 is 5.32 Å². The zero-order valence-corrected chi connectivity index (χ0v) is 14.9. The fraction of sp³-hybridized carbons (Fsp3) is 0.0476. The van der Waals surface area contributed by atoms with Gasteiger partial charge in [-0.25, -0.2) is 4.98 Å². The molecule has 1 aromatic heterocycles. The van der Waals surface area contributed by atoms with Gasteiger partial charge in [0.1, 0.15) is 5.82 Å². The molecule has 1 N–H and O–H groups in total. The van der Waals surface area contributed by atoms with E-state index >= 15 is 0 Å². The molecule has 0 spiro atoms. The van der Waals surface area contributed by atoms with Crippen LogP contribution in [0.2, 0.25) is 5.02 Å². The normalized spacial score (nSPS) is 10.8. The van der Waals surface area contributed by atoms with E-state index in [1.165, 1.54) is 0 Å². The lowest BCUT2D eigenvalue weighted by atomic mass is 10.2. The van der Waals surface area contributed by atoms with Gasteiger partial charge in [0.05, 0.1) is 11.0 Å². The van der Waals surface area contributed by atoms with E-state index in [2.05, 4.69) is 14.9 Å². The Hall–Kier alpha value is -3.11. The molecule has 4 rings (SSSR count). The average molecular weight is 362 g/mol. The molecule has 0 aliphatic rings. The smallest absolute Gasteiger partial charge is 0.255 e. The molecule has 0 aliphatic heterocycles. The molecule has 0 atom stereocenters. The summed E-state index contributed by atoms with van der Waals surface area (Å²) in [5.41, 5.74) is 4.15. The Labute approximate surface area is 156 Å². The number of nitrogens with one attached hydrogen (secondary N) is 1.